The average Bonchev–Trinajstić information content (AvgIpc) is 2.96. The molecule has 0 aromatic carbocycles. The van der Waals surface area contributed by atoms with E-state index in [1.54, 1.807) is 6.33 Å². The summed E-state index contributed by atoms with van der Waals surface area (Å²) in [6, 6.07) is 0. The van der Waals surface area contributed by atoms with Crippen molar-refractivity contribution >= 4 is 5.82 Å². The van der Waals surface area contributed by atoms with Gasteiger partial charge in [-0.05, 0) is 32.1 Å². The highest BCUT2D eigenvalue weighted by Gasteiger charge is 2.32. The van der Waals surface area contributed by atoms with Crippen LogP contribution in [0.1, 0.15) is 25.8 Å². The second-order valence-corrected chi connectivity index (χ2v) is 4.44. The topological polar surface area (TPSA) is 47.0 Å². The summed E-state index contributed by atoms with van der Waals surface area (Å²) in [5.41, 5.74) is 0.998. The lowest BCUT2D eigenvalue weighted by Gasteiger charge is -2.10. The van der Waals surface area contributed by atoms with Crippen molar-refractivity contribution in [3.8, 4) is 5.88 Å². The molecule has 1 fully saturated rings. The van der Waals surface area contributed by atoms with Gasteiger partial charge in [0.25, 0.3) is 0 Å². The van der Waals surface area contributed by atoms with Gasteiger partial charge in [-0.25, -0.2) is 9.97 Å². The summed E-state index contributed by atoms with van der Waals surface area (Å²) in [7, 11) is 0. The Bertz CT molecular complexity index is 367. The molecule has 1 aliphatic carbocycles. The van der Waals surface area contributed by atoms with E-state index in [0.29, 0.717) is 12.5 Å². The van der Waals surface area contributed by atoms with Crippen LogP contribution in [-0.2, 0) is 0 Å². The maximum Gasteiger partial charge on any atom is 0.221 e. The van der Waals surface area contributed by atoms with Gasteiger partial charge in [-0.1, -0.05) is 6.92 Å². The second-order valence-electron chi connectivity index (χ2n) is 4.44. The maximum atomic E-state index is 5.43. The fourth-order valence-electron chi connectivity index (χ4n) is 1.81. The van der Waals surface area contributed by atoms with Crippen molar-refractivity contribution in [2.24, 2.45) is 11.8 Å². The van der Waals surface area contributed by atoms with Gasteiger partial charge in [-0.3, -0.25) is 0 Å². The standard InChI is InChI=1S/C12H19N3O/c1-4-16-12-9(3)11(14-7-15-12)13-6-10-5-8(10)2/h7-8,10H,4-6H2,1-3H3,(H,13,14,15). The van der Waals surface area contributed by atoms with Gasteiger partial charge in [0.05, 0.1) is 12.2 Å². The Labute approximate surface area is 96.4 Å². The molecule has 1 heterocycles. The SMILES string of the molecule is CCOc1ncnc(NCC2CC2C)c1C. The van der Waals surface area contributed by atoms with Gasteiger partial charge in [0.2, 0.25) is 5.88 Å². The molecule has 1 saturated carbocycles. The summed E-state index contributed by atoms with van der Waals surface area (Å²) < 4.78 is 5.43. The number of ether oxygens (including phenoxy) is 1. The minimum absolute atomic E-state index is 0.636. The Morgan fingerprint density at radius 3 is 2.88 bits per heavy atom. The molecule has 4 nitrogen and oxygen atoms in total. The lowest BCUT2D eigenvalue weighted by molar-refractivity contribution is 0.324. The molecule has 2 unspecified atom stereocenters. The number of hydrogen-bond donors (Lipinski definition) is 1. The minimum Gasteiger partial charge on any atom is -0.478 e. The molecule has 4 heteroatoms. The molecule has 2 atom stereocenters. The molecule has 1 aromatic heterocycles. The third kappa shape index (κ3) is 2.43. The van der Waals surface area contributed by atoms with Gasteiger partial charge in [-0.2, -0.15) is 0 Å². The van der Waals surface area contributed by atoms with Gasteiger partial charge in [0.1, 0.15) is 12.1 Å². The highest BCUT2D eigenvalue weighted by molar-refractivity contribution is 5.47. The van der Waals surface area contributed by atoms with Gasteiger partial charge in [0.15, 0.2) is 0 Å². The Balaban J connectivity index is 1.99. The fourth-order valence-corrected chi connectivity index (χ4v) is 1.81. The molecule has 0 amide bonds. The van der Waals surface area contributed by atoms with Crippen LogP contribution in [0.4, 0.5) is 5.82 Å². The summed E-state index contributed by atoms with van der Waals surface area (Å²) >= 11 is 0. The zero-order valence-electron chi connectivity index (χ0n) is 10.2. The van der Waals surface area contributed by atoms with Crippen LogP contribution in [-0.4, -0.2) is 23.1 Å². The first kappa shape index (κ1) is 11.2. The molecular weight excluding hydrogens is 202 g/mol. The molecule has 0 saturated heterocycles. The average molecular weight is 221 g/mol. The molecule has 0 radical (unpaired) electrons. The third-order valence-corrected chi connectivity index (χ3v) is 3.13. The van der Waals surface area contributed by atoms with Crippen LogP contribution in [0, 0.1) is 18.8 Å². The monoisotopic (exact) mass is 221 g/mol. The van der Waals surface area contributed by atoms with Crippen molar-refractivity contribution in [2.75, 3.05) is 18.5 Å². The largest absolute Gasteiger partial charge is 0.478 e. The van der Waals surface area contributed by atoms with E-state index in [4.69, 9.17) is 4.74 Å². The Kier molecular flexibility index (Phi) is 3.27. The molecule has 0 bridgehead atoms. The normalized spacial score (nSPS) is 22.9. The van der Waals surface area contributed by atoms with Gasteiger partial charge in [0, 0.05) is 6.54 Å². The Morgan fingerprint density at radius 1 is 1.50 bits per heavy atom. The highest BCUT2D eigenvalue weighted by Crippen LogP contribution is 2.37. The molecule has 0 aliphatic heterocycles. The zero-order valence-corrected chi connectivity index (χ0v) is 10.2. The summed E-state index contributed by atoms with van der Waals surface area (Å²) in [5.74, 6) is 3.26. The van der Waals surface area contributed by atoms with E-state index in [1.165, 1.54) is 6.42 Å². The van der Waals surface area contributed by atoms with Crippen LogP contribution < -0.4 is 10.1 Å². The third-order valence-electron chi connectivity index (χ3n) is 3.13. The quantitative estimate of drug-likeness (QED) is 0.828. The van der Waals surface area contributed by atoms with E-state index in [2.05, 4.69) is 22.2 Å². The first-order chi connectivity index (χ1) is 7.72. The van der Waals surface area contributed by atoms with Crippen molar-refractivity contribution in [1.29, 1.82) is 0 Å². The molecule has 2 rings (SSSR count). The van der Waals surface area contributed by atoms with Crippen LogP contribution >= 0.6 is 0 Å². The second kappa shape index (κ2) is 4.68. The maximum absolute atomic E-state index is 5.43. The Hall–Kier alpha value is -1.32. The number of nitrogens with zero attached hydrogens (tertiary/aromatic N) is 2. The highest BCUT2D eigenvalue weighted by atomic mass is 16.5. The summed E-state index contributed by atoms with van der Waals surface area (Å²) in [6.07, 6.45) is 2.88. The van der Waals surface area contributed by atoms with E-state index < -0.39 is 0 Å². The number of rotatable bonds is 5. The number of nitrogens with one attached hydrogen (secondary N) is 1. The van der Waals surface area contributed by atoms with Crippen molar-refractivity contribution in [2.45, 2.75) is 27.2 Å². The van der Waals surface area contributed by atoms with Crippen LogP contribution in [0.2, 0.25) is 0 Å². The smallest absolute Gasteiger partial charge is 0.221 e. The van der Waals surface area contributed by atoms with E-state index in [1.807, 2.05) is 13.8 Å². The van der Waals surface area contributed by atoms with Crippen LogP contribution in [0.15, 0.2) is 6.33 Å². The lowest BCUT2D eigenvalue weighted by atomic mass is 10.3. The van der Waals surface area contributed by atoms with Gasteiger partial charge >= 0.3 is 0 Å². The van der Waals surface area contributed by atoms with E-state index in [0.717, 1.165) is 29.8 Å². The van der Waals surface area contributed by atoms with Crippen molar-refractivity contribution in [1.82, 2.24) is 9.97 Å². The zero-order chi connectivity index (χ0) is 11.5. The molecule has 16 heavy (non-hydrogen) atoms. The van der Waals surface area contributed by atoms with Crippen LogP contribution in [0.5, 0.6) is 5.88 Å². The van der Waals surface area contributed by atoms with E-state index in [9.17, 15) is 0 Å². The first-order valence-corrected chi connectivity index (χ1v) is 5.90. The molecule has 1 aromatic rings. The van der Waals surface area contributed by atoms with Crippen molar-refractivity contribution in [3.63, 3.8) is 0 Å². The van der Waals surface area contributed by atoms with E-state index >= 15 is 0 Å². The van der Waals surface area contributed by atoms with Gasteiger partial charge < -0.3 is 10.1 Å². The summed E-state index contributed by atoms with van der Waals surface area (Å²) in [6.45, 7) is 7.87. The van der Waals surface area contributed by atoms with Crippen LogP contribution in [0.25, 0.3) is 0 Å². The number of anilines is 1. The molecule has 1 N–H and O–H groups in total. The summed E-state index contributed by atoms with van der Waals surface area (Å²) in [4.78, 5) is 8.36. The minimum atomic E-state index is 0.636. The lowest BCUT2D eigenvalue weighted by Crippen LogP contribution is -2.09. The molecule has 88 valence electrons. The predicted octanol–water partition coefficient (Wildman–Crippen LogP) is 2.25. The van der Waals surface area contributed by atoms with Crippen molar-refractivity contribution < 1.29 is 4.74 Å². The fraction of sp³-hybridized carbons (Fsp3) is 0.667. The molecular formula is C12H19N3O. The summed E-state index contributed by atoms with van der Waals surface area (Å²) in [5, 5.41) is 3.37. The van der Waals surface area contributed by atoms with E-state index in [-0.39, 0.29) is 0 Å². The molecule has 1 aliphatic rings. The number of aromatic nitrogens is 2. The Morgan fingerprint density at radius 2 is 2.25 bits per heavy atom. The predicted molar refractivity (Wildman–Crippen MR) is 63.7 cm³/mol. The number of hydrogen-bond acceptors (Lipinski definition) is 4. The van der Waals surface area contributed by atoms with Crippen molar-refractivity contribution in [3.05, 3.63) is 11.9 Å². The van der Waals surface area contributed by atoms with Gasteiger partial charge in [-0.15, -0.1) is 0 Å². The van der Waals surface area contributed by atoms with Crippen LogP contribution in [0.3, 0.4) is 0 Å². The first-order valence-electron chi connectivity index (χ1n) is 5.90. The molecule has 0 spiro atoms.